The van der Waals surface area contributed by atoms with Crippen molar-refractivity contribution in [1.82, 2.24) is 5.01 Å². The summed E-state index contributed by atoms with van der Waals surface area (Å²) in [5.41, 5.74) is 5.38. The minimum atomic E-state index is -1.66. The number of methoxy groups -OCH3 is 3. The van der Waals surface area contributed by atoms with Gasteiger partial charge in [-0.2, -0.15) is 5.01 Å². The highest BCUT2D eigenvalue weighted by Crippen LogP contribution is 2.66. The normalized spacial score (nSPS) is 23.5. The number of amides is 4. The van der Waals surface area contributed by atoms with Crippen molar-refractivity contribution in [2.45, 2.75) is 24.2 Å². The third-order valence-corrected chi connectivity index (χ3v) is 14.4. The average Bonchev–Trinajstić information content (AvgIpc) is 3.72. The Morgan fingerprint density at radius 3 is 2.21 bits per heavy atom. The van der Waals surface area contributed by atoms with Crippen molar-refractivity contribution in [2.75, 3.05) is 31.7 Å². The Kier molecular flexibility index (Phi) is 10.9. The zero-order valence-electron chi connectivity index (χ0n) is 36.0. The molecule has 2 saturated heterocycles. The molecular formula is C53H43Cl2N3O8. The summed E-state index contributed by atoms with van der Waals surface area (Å²) in [6, 6.07) is 35.4. The Hall–Kier alpha value is -7.08. The van der Waals surface area contributed by atoms with Crippen molar-refractivity contribution in [3.05, 3.63) is 165 Å². The molecule has 66 heavy (non-hydrogen) atoms. The lowest BCUT2D eigenvalue weighted by Crippen LogP contribution is -2.53. The summed E-state index contributed by atoms with van der Waals surface area (Å²) in [5, 5.41) is 15.2. The topological polar surface area (TPSA) is 135 Å². The molecule has 1 saturated carbocycles. The van der Waals surface area contributed by atoms with Crippen LogP contribution in [0.1, 0.15) is 41.0 Å². The molecule has 10 rings (SSSR count). The number of fused-ring (bicyclic) bond motifs is 5. The minimum absolute atomic E-state index is 0.0580. The van der Waals surface area contributed by atoms with Gasteiger partial charge in [-0.05, 0) is 107 Å². The van der Waals surface area contributed by atoms with Gasteiger partial charge in [0.25, 0.3) is 11.8 Å². The fourth-order valence-electron chi connectivity index (χ4n) is 10.9. The van der Waals surface area contributed by atoms with Crippen LogP contribution in [-0.2, 0) is 24.6 Å². The highest BCUT2D eigenvalue weighted by Gasteiger charge is 2.71. The number of carbonyl (C=O) groups excluding carboxylic acids is 4. The molecule has 6 aromatic carbocycles. The van der Waals surface area contributed by atoms with Gasteiger partial charge >= 0.3 is 0 Å². The fraction of sp³-hybridized carbons (Fsp3) is 0.208. The fourth-order valence-corrected chi connectivity index (χ4v) is 11.3. The van der Waals surface area contributed by atoms with Crippen LogP contribution in [0.5, 0.6) is 23.0 Å². The first-order chi connectivity index (χ1) is 32.0. The Labute approximate surface area is 390 Å². The maximum atomic E-state index is 15.8. The maximum absolute atomic E-state index is 15.8. The lowest BCUT2D eigenvalue weighted by Gasteiger charge is -2.51. The first-order valence-electron chi connectivity index (χ1n) is 21.5. The number of hydrogen-bond donors (Lipinski definition) is 2. The molecule has 0 radical (unpaired) electrons. The molecule has 2 heterocycles. The average molecular weight is 921 g/mol. The molecule has 2 aliphatic heterocycles. The van der Waals surface area contributed by atoms with E-state index in [-0.39, 0.29) is 41.1 Å². The summed E-state index contributed by atoms with van der Waals surface area (Å²) in [6.07, 6.45) is 6.04. The van der Waals surface area contributed by atoms with Crippen LogP contribution in [0.25, 0.3) is 22.9 Å². The Bertz CT molecular complexity index is 3040. The molecule has 4 aliphatic rings. The summed E-state index contributed by atoms with van der Waals surface area (Å²) in [5.74, 6) is -4.31. The molecule has 0 unspecified atom stereocenters. The van der Waals surface area contributed by atoms with Crippen LogP contribution >= 0.6 is 23.2 Å². The van der Waals surface area contributed by atoms with Crippen LogP contribution in [-0.4, -0.2) is 55.1 Å². The van der Waals surface area contributed by atoms with Gasteiger partial charge in [-0.15, -0.1) is 0 Å². The largest absolute Gasteiger partial charge is 0.508 e. The highest BCUT2D eigenvalue weighted by atomic mass is 35.5. The van der Waals surface area contributed by atoms with E-state index >= 15 is 14.4 Å². The van der Waals surface area contributed by atoms with Gasteiger partial charge in [0.15, 0.2) is 0 Å². The quantitative estimate of drug-likeness (QED) is 0.0782. The molecule has 0 spiro atoms. The number of hydrazine groups is 1. The minimum Gasteiger partial charge on any atom is -0.508 e. The zero-order chi connectivity index (χ0) is 46.0. The smallest absolute Gasteiger partial charge is 0.260 e. The lowest BCUT2D eigenvalue weighted by atomic mass is 9.48. The number of ether oxygens (including phenoxy) is 3. The number of carbonyl (C=O) groups is 4. The van der Waals surface area contributed by atoms with E-state index in [0.717, 1.165) is 21.5 Å². The molecule has 332 valence electrons. The number of phenolic OH excluding ortho intramolecular Hbond substituents is 1. The second-order valence-corrected chi connectivity index (χ2v) is 17.8. The lowest BCUT2D eigenvalue weighted by molar-refractivity contribution is -0.138. The number of nitrogens with one attached hydrogen (secondary N) is 1. The van der Waals surface area contributed by atoms with Crippen molar-refractivity contribution in [1.29, 1.82) is 0 Å². The van der Waals surface area contributed by atoms with E-state index in [4.69, 9.17) is 37.4 Å². The molecule has 4 amide bonds. The number of aromatic hydroxyl groups is 1. The van der Waals surface area contributed by atoms with Gasteiger partial charge in [0.2, 0.25) is 11.8 Å². The van der Waals surface area contributed by atoms with Crippen molar-refractivity contribution in [2.24, 2.45) is 23.7 Å². The summed E-state index contributed by atoms with van der Waals surface area (Å²) in [4.78, 5) is 62.0. The summed E-state index contributed by atoms with van der Waals surface area (Å²) in [7, 11) is 4.74. The molecule has 2 aliphatic carbocycles. The Balaban J connectivity index is 1.09. The van der Waals surface area contributed by atoms with E-state index < -0.39 is 46.8 Å². The Morgan fingerprint density at radius 1 is 0.742 bits per heavy atom. The standard InChI is InChI=1S/C53H43Cl2N3O8/c1-64-35-18-13-32(14-19-35)53-41(50(61)58(52(53)63)56-43-23-15-33(54)27-42(43)55)28-40-38(48(53)47-37-7-5-4-6-30(37)12-24-44(47)59)21-22-39-46(40)51(62)57(49(39)60)34-16-9-29(10-17-34)8-11-31-26-36(65-2)20-25-45(31)66-3/h4-21,23-27,39-41,46,48,56,59H,22,28H2,1-3H3/t39-,40+,41-,46-,48+,53+/m0/s1. The molecule has 2 N–H and O–H groups in total. The Morgan fingerprint density at radius 2 is 1.48 bits per heavy atom. The van der Waals surface area contributed by atoms with E-state index in [9.17, 15) is 9.90 Å². The van der Waals surface area contributed by atoms with Gasteiger partial charge in [-0.25, -0.2) is 0 Å². The first-order valence-corrected chi connectivity index (χ1v) is 22.3. The number of halogens is 2. The van der Waals surface area contributed by atoms with Gasteiger partial charge in [0.1, 0.15) is 23.0 Å². The molecular weight excluding hydrogens is 878 g/mol. The third-order valence-electron chi connectivity index (χ3n) is 13.9. The van der Waals surface area contributed by atoms with Crippen LogP contribution in [0.3, 0.4) is 0 Å². The zero-order valence-corrected chi connectivity index (χ0v) is 37.5. The maximum Gasteiger partial charge on any atom is 0.260 e. The van der Waals surface area contributed by atoms with Gasteiger partial charge in [-0.1, -0.05) is 102 Å². The predicted octanol–water partition coefficient (Wildman–Crippen LogP) is 10.2. The van der Waals surface area contributed by atoms with Crippen molar-refractivity contribution < 1.29 is 38.5 Å². The van der Waals surface area contributed by atoms with Crippen LogP contribution in [0, 0.1) is 23.7 Å². The summed E-state index contributed by atoms with van der Waals surface area (Å²) in [6.45, 7) is 0. The van der Waals surface area contributed by atoms with E-state index in [0.29, 0.717) is 50.0 Å². The molecule has 11 nitrogen and oxygen atoms in total. The number of imide groups is 2. The molecule has 6 aromatic rings. The van der Waals surface area contributed by atoms with Gasteiger partial charge < -0.3 is 19.3 Å². The highest BCUT2D eigenvalue weighted by molar-refractivity contribution is 6.36. The number of allylic oxidation sites excluding steroid dienone is 2. The van der Waals surface area contributed by atoms with E-state index in [1.54, 1.807) is 75.9 Å². The van der Waals surface area contributed by atoms with E-state index in [1.165, 1.54) is 11.0 Å². The number of benzene rings is 6. The second kappa shape index (κ2) is 16.7. The molecule has 6 atom stereocenters. The van der Waals surface area contributed by atoms with E-state index in [2.05, 4.69) is 5.43 Å². The monoisotopic (exact) mass is 919 g/mol. The van der Waals surface area contributed by atoms with Gasteiger partial charge in [0, 0.05) is 22.1 Å². The summed E-state index contributed by atoms with van der Waals surface area (Å²) < 4.78 is 16.5. The second-order valence-electron chi connectivity index (χ2n) is 17.0. The molecule has 3 fully saturated rings. The van der Waals surface area contributed by atoms with E-state index in [1.807, 2.05) is 78.9 Å². The van der Waals surface area contributed by atoms with Gasteiger partial charge in [0.05, 0.1) is 60.9 Å². The van der Waals surface area contributed by atoms with Crippen LogP contribution in [0.4, 0.5) is 11.4 Å². The number of phenols is 1. The van der Waals surface area contributed by atoms with Crippen molar-refractivity contribution >= 4 is 81.1 Å². The molecule has 13 heteroatoms. The SMILES string of the molecule is COc1ccc([C@@]23C(=O)N(Nc4ccc(Cl)cc4Cl)C(=O)[C@@H]2C[C@@H]2C(=CC[C@@H]4C(=O)N(c5ccc(C=Cc6cc(OC)ccc6OC)cc5)C(=O)[C@@H]42)[C@@H]3c2c(O)ccc3ccccc23)cc1. The third kappa shape index (κ3) is 6.71. The van der Waals surface area contributed by atoms with Crippen LogP contribution in [0.2, 0.25) is 10.0 Å². The number of rotatable bonds is 10. The van der Waals surface area contributed by atoms with Crippen molar-refractivity contribution in [3.63, 3.8) is 0 Å². The number of anilines is 2. The number of hydrogen-bond acceptors (Lipinski definition) is 9. The molecule has 0 bridgehead atoms. The van der Waals surface area contributed by atoms with Crippen molar-refractivity contribution in [3.8, 4) is 23.0 Å². The predicted molar refractivity (Wildman–Crippen MR) is 254 cm³/mol. The molecule has 0 aromatic heterocycles. The van der Waals surface area contributed by atoms with Crippen LogP contribution < -0.4 is 24.5 Å². The number of nitrogens with zero attached hydrogens (tertiary/aromatic N) is 2. The first kappa shape index (κ1) is 42.8. The van der Waals surface area contributed by atoms with Crippen LogP contribution in [0.15, 0.2) is 133 Å². The summed E-state index contributed by atoms with van der Waals surface area (Å²) >= 11 is 12.9. The van der Waals surface area contributed by atoms with Gasteiger partial charge in [-0.3, -0.25) is 29.5 Å².